The van der Waals surface area contributed by atoms with Crippen LogP contribution in [0.15, 0.2) is 106 Å². The molecule has 0 fully saturated rings. The number of nitrogens with zero attached hydrogens (tertiary/aromatic N) is 2. The van der Waals surface area contributed by atoms with Gasteiger partial charge >= 0.3 is 0 Å². The molecule has 43 heavy (non-hydrogen) atoms. The van der Waals surface area contributed by atoms with Gasteiger partial charge in [0.05, 0.1) is 35.2 Å². The molecule has 4 aromatic carbocycles. The van der Waals surface area contributed by atoms with E-state index in [0.717, 1.165) is 11.1 Å². The number of aryl methyl sites for hydroxylation is 2. The number of amides is 1. The van der Waals surface area contributed by atoms with E-state index in [9.17, 15) is 23.1 Å². The fraction of sp³-hybridized carbons (Fsp3) is 0.0938. The van der Waals surface area contributed by atoms with Gasteiger partial charge in [-0.1, -0.05) is 42.5 Å². The summed E-state index contributed by atoms with van der Waals surface area (Å²) in [5.74, 6) is -0.689. The molecule has 0 aliphatic heterocycles. The number of hydrogen-bond acceptors (Lipinski definition) is 7. The van der Waals surface area contributed by atoms with Crippen LogP contribution < -0.4 is 20.4 Å². The molecule has 10 nitrogen and oxygen atoms in total. The zero-order valence-electron chi connectivity index (χ0n) is 23.5. The van der Waals surface area contributed by atoms with E-state index < -0.39 is 21.5 Å². The summed E-state index contributed by atoms with van der Waals surface area (Å²) in [6.45, 7) is 3.86. The molecule has 218 valence electrons. The molecular weight excluding hydrogens is 568 g/mol. The minimum absolute atomic E-state index is 0.0363. The summed E-state index contributed by atoms with van der Waals surface area (Å²) in [5.41, 5.74) is 4.93. The van der Waals surface area contributed by atoms with Crippen LogP contribution in [0.5, 0.6) is 11.6 Å². The normalized spacial score (nSPS) is 11.5. The van der Waals surface area contributed by atoms with Gasteiger partial charge in [0.25, 0.3) is 21.5 Å². The zero-order chi connectivity index (χ0) is 30.7. The molecule has 1 amide bonds. The Morgan fingerprint density at radius 1 is 0.907 bits per heavy atom. The van der Waals surface area contributed by atoms with Crippen molar-refractivity contribution in [3.63, 3.8) is 0 Å². The van der Waals surface area contributed by atoms with E-state index >= 15 is 0 Å². The average Bonchev–Trinajstić information content (AvgIpc) is 3.00. The van der Waals surface area contributed by atoms with Crippen LogP contribution in [0.2, 0.25) is 0 Å². The fourth-order valence-electron chi connectivity index (χ4n) is 4.55. The van der Waals surface area contributed by atoms with Crippen molar-refractivity contribution in [3.8, 4) is 17.3 Å². The summed E-state index contributed by atoms with van der Waals surface area (Å²) in [7, 11) is -2.62. The number of aromatic hydroxyl groups is 1. The third-order valence-corrected chi connectivity index (χ3v) is 8.33. The number of anilines is 1. The number of aromatic nitrogens is 1. The first-order valence-corrected chi connectivity index (χ1v) is 14.6. The molecule has 0 radical (unpaired) electrons. The Balaban J connectivity index is 1.44. The van der Waals surface area contributed by atoms with Gasteiger partial charge in [-0.25, -0.2) is 18.4 Å². The van der Waals surface area contributed by atoms with E-state index in [1.54, 1.807) is 60.7 Å². The van der Waals surface area contributed by atoms with E-state index in [1.165, 1.54) is 42.2 Å². The lowest BCUT2D eigenvalue weighted by Crippen LogP contribution is -2.21. The van der Waals surface area contributed by atoms with Crippen LogP contribution in [-0.4, -0.2) is 37.3 Å². The molecular formula is C32H28N4O6S. The largest absolute Gasteiger partial charge is 0.495 e. The molecule has 0 aliphatic rings. The van der Waals surface area contributed by atoms with Crippen molar-refractivity contribution in [1.82, 2.24) is 9.99 Å². The average molecular weight is 597 g/mol. The Bertz CT molecular complexity index is 2070. The number of rotatable bonds is 8. The van der Waals surface area contributed by atoms with E-state index in [-0.39, 0.29) is 27.6 Å². The topological polar surface area (TPSA) is 139 Å². The van der Waals surface area contributed by atoms with Crippen molar-refractivity contribution in [2.24, 2.45) is 5.10 Å². The molecule has 5 rings (SSSR count). The highest BCUT2D eigenvalue weighted by molar-refractivity contribution is 7.92. The molecule has 0 unspecified atom stereocenters. The molecule has 0 saturated carbocycles. The Morgan fingerprint density at radius 2 is 1.63 bits per heavy atom. The smallest absolute Gasteiger partial charge is 0.271 e. The number of sulfonamides is 1. The number of ether oxygens (including phenoxy) is 1. The van der Waals surface area contributed by atoms with Gasteiger partial charge in [-0.15, -0.1) is 0 Å². The summed E-state index contributed by atoms with van der Waals surface area (Å²) < 4.78 is 34.9. The van der Waals surface area contributed by atoms with Gasteiger partial charge < -0.3 is 9.84 Å². The van der Waals surface area contributed by atoms with Gasteiger partial charge in [0.1, 0.15) is 5.75 Å². The predicted molar refractivity (Wildman–Crippen MR) is 166 cm³/mol. The van der Waals surface area contributed by atoms with Gasteiger partial charge in [0, 0.05) is 16.3 Å². The highest BCUT2D eigenvalue weighted by atomic mass is 32.2. The van der Waals surface area contributed by atoms with Crippen LogP contribution >= 0.6 is 0 Å². The third-order valence-electron chi connectivity index (χ3n) is 6.97. The number of benzene rings is 4. The second kappa shape index (κ2) is 11.8. The number of nitrogens with one attached hydrogen (secondary N) is 2. The number of carbonyl (C=O) groups excluding carboxylic acids is 1. The maximum atomic E-state index is 13.4. The molecule has 0 atom stereocenters. The van der Waals surface area contributed by atoms with Crippen molar-refractivity contribution in [1.29, 1.82) is 0 Å². The van der Waals surface area contributed by atoms with Crippen molar-refractivity contribution in [3.05, 3.63) is 124 Å². The van der Waals surface area contributed by atoms with Crippen molar-refractivity contribution in [2.45, 2.75) is 18.7 Å². The standard InChI is InChI=1S/C32H28N4O6S/c1-20-15-16-23(17-21(20)2)36-31(38)26-12-5-4-11-25(26)27(32(36)39)19-33-34-30(37)22-9-8-10-24(18-22)43(40,41)35-28-13-6-7-14-29(28)42-3/h4-19,35,39H,1-3H3,(H,34,37)/b33-19-. The van der Waals surface area contributed by atoms with Gasteiger partial charge in [0.15, 0.2) is 0 Å². The summed E-state index contributed by atoms with van der Waals surface area (Å²) >= 11 is 0. The lowest BCUT2D eigenvalue weighted by molar-refractivity contribution is 0.0955. The monoisotopic (exact) mass is 596 g/mol. The molecule has 11 heteroatoms. The van der Waals surface area contributed by atoms with E-state index in [1.807, 2.05) is 19.9 Å². The van der Waals surface area contributed by atoms with E-state index in [0.29, 0.717) is 22.2 Å². The zero-order valence-corrected chi connectivity index (χ0v) is 24.3. The van der Waals surface area contributed by atoms with Crippen LogP contribution in [-0.2, 0) is 10.0 Å². The minimum atomic E-state index is -4.05. The second-order valence-corrected chi connectivity index (χ2v) is 11.4. The van der Waals surface area contributed by atoms with Crippen LogP contribution in [0.3, 0.4) is 0 Å². The molecule has 1 heterocycles. The van der Waals surface area contributed by atoms with E-state index in [4.69, 9.17) is 4.74 Å². The Hall–Kier alpha value is -5.42. The van der Waals surface area contributed by atoms with Crippen molar-refractivity contribution >= 4 is 38.6 Å². The van der Waals surface area contributed by atoms with Gasteiger partial charge in [0.2, 0.25) is 5.88 Å². The maximum Gasteiger partial charge on any atom is 0.271 e. The number of fused-ring (bicyclic) bond motifs is 1. The van der Waals surface area contributed by atoms with Crippen LogP contribution in [0.4, 0.5) is 5.69 Å². The lowest BCUT2D eigenvalue weighted by atomic mass is 10.1. The number of pyridine rings is 1. The Morgan fingerprint density at radius 3 is 2.37 bits per heavy atom. The molecule has 0 bridgehead atoms. The highest BCUT2D eigenvalue weighted by Gasteiger charge is 2.19. The third kappa shape index (κ3) is 5.84. The first-order valence-electron chi connectivity index (χ1n) is 13.1. The number of carbonyl (C=O) groups is 1. The second-order valence-electron chi connectivity index (χ2n) is 9.72. The van der Waals surface area contributed by atoms with Crippen molar-refractivity contribution in [2.75, 3.05) is 11.8 Å². The van der Waals surface area contributed by atoms with Crippen molar-refractivity contribution < 1.29 is 23.1 Å². The number of hydrogen-bond donors (Lipinski definition) is 3. The van der Waals surface area contributed by atoms with Gasteiger partial charge in [-0.05, 0) is 73.5 Å². The fourth-order valence-corrected chi connectivity index (χ4v) is 5.67. The first-order chi connectivity index (χ1) is 20.6. The number of methoxy groups -OCH3 is 1. The molecule has 3 N–H and O–H groups in total. The SMILES string of the molecule is COc1ccccc1NS(=O)(=O)c1cccc(C(=O)N/N=C\c2c(O)n(-c3ccc(C)c(C)c3)c(=O)c3ccccc23)c1. The minimum Gasteiger partial charge on any atom is -0.495 e. The van der Waals surface area contributed by atoms with Crippen LogP contribution in [0, 0.1) is 13.8 Å². The molecule has 0 saturated heterocycles. The van der Waals surface area contributed by atoms with Crippen LogP contribution in [0.1, 0.15) is 27.0 Å². The van der Waals surface area contributed by atoms with Gasteiger partial charge in [-0.3, -0.25) is 14.3 Å². The van der Waals surface area contributed by atoms with E-state index in [2.05, 4.69) is 15.2 Å². The first kappa shape index (κ1) is 29.1. The molecule has 0 aliphatic carbocycles. The number of para-hydroxylation sites is 2. The number of hydrazone groups is 1. The Labute approximate surface area is 247 Å². The summed E-state index contributed by atoms with van der Waals surface area (Å²) in [4.78, 5) is 26.2. The molecule has 5 aromatic rings. The summed E-state index contributed by atoms with van der Waals surface area (Å²) in [6.07, 6.45) is 1.25. The predicted octanol–water partition coefficient (Wildman–Crippen LogP) is 4.89. The maximum absolute atomic E-state index is 13.4. The molecule has 0 spiro atoms. The van der Waals surface area contributed by atoms with Crippen LogP contribution in [0.25, 0.3) is 16.5 Å². The lowest BCUT2D eigenvalue weighted by Gasteiger charge is -2.14. The summed E-state index contributed by atoms with van der Waals surface area (Å²) in [6, 6.07) is 24.2. The molecule has 1 aromatic heterocycles. The van der Waals surface area contributed by atoms with Gasteiger partial charge in [-0.2, -0.15) is 5.10 Å². The highest BCUT2D eigenvalue weighted by Crippen LogP contribution is 2.28. The quantitative estimate of drug-likeness (QED) is 0.172. The Kier molecular flexibility index (Phi) is 8.00. The summed E-state index contributed by atoms with van der Waals surface area (Å²) in [5, 5.41) is 16.0.